The van der Waals surface area contributed by atoms with Crippen molar-refractivity contribution in [3.05, 3.63) is 59.7 Å². The van der Waals surface area contributed by atoms with Crippen LogP contribution >= 0.6 is 0 Å². The lowest BCUT2D eigenvalue weighted by atomic mass is 10.0. The monoisotopic (exact) mass is 282 g/mol. The molecule has 0 spiro atoms. The largest absolute Gasteiger partial charge is 0.345 e. The summed E-state index contributed by atoms with van der Waals surface area (Å²) in [4.78, 5) is 2.23. The third-order valence-electron chi connectivity index (χ3n) is 3.93. The van der Waals surface area contributed by atoms with Crippen molar-refractivity contribution >= 4 is 11.4 Å². The summed E-state index contributed by atoms with van der Waals surface area (Å²) >= 11 is 0. The lowest BCUT2D eigenvalue weighted by Crippen LogP contribution is -2.20. The third-order valence-corrected chi connectivity index (χ3v) is 3.93. The molecule has 0 aliphatic carbocycles. The van der Waals surface area contributed by atoms with Gasteiger partial charge in [-0.1, -0.05) is 38.1 Å². The van der Waals surface area contributed by atoms with Crippen LogP contribution in [0.25, 0.3) is 0 Å². The van der Waals surface area contributed by atoms with Gasteiger partial charge in [0.1, 0.15) is 0 Å². The van der Waals surface area contributed by atoms with Crippen molar-refractivity contribution in [1.29, 1.82) is 0 Å². The molecule has 0 radical (unpaired) electrons. The molecule has 0 aliphatic rings. The molecule has 0 saturated heterocycles. The number of anilines is 2. The van der Waals surface area contributed by atoms with E-state index in [4.69, 9.17) is 0 Å². The number of benzene rings is 2. The smallest absolute Gasteiger partial charge is 0.0410 e. The van der Waals surface area contributed by atoms with Gasteiger partial charge in [-0.2, -0.15) is 0 Å². The van der Waals surface area contributed by atoms with E-state index >= 15 is 0 Å². The van der Waals surface area contributed by atoms with Crippen molar-refractivity contribution in [1.82, 2.24) is 5.32 Å². The predicted octanol–water partition coefficient (Wildman–Crippen LogP) is 4.82. The third kappa shape index (κ3) is 3.85. The first-order chi connectivity index (χ1) is 10.2. The van der Waals surface area contributed by atoms with E-state index in [2.05, 4.69) is 86.6 Å². The van der Waals surface area contributed by atoms with E-state index in [1.54, 1.807) is 0 Å². The van der Waals surface area contributed by atoms with Crippen LogP contribution < -0.4 is 10.2 Å². The molecule has 2 aromatic carbocycles. The van der Waals surface area contributed by atoms with Gasteiger partial charge in [-0.15, -0.1) is 0 Å². The number of hydrogen-bond donors (Lipinski definition) is 1. The average molecular weight is 282 g/mol. The normalized spacial score (nSPS) is 12.2. The second-order valence-corrected chi connectivity index (χ2v) is 5.51. The Bertz CT molecular complexity index is 560. The second kappa shape index (κ2) is 7.28. The first-order valence-corrected chi connectivity index (χ1v) is 7.79. The molecule has 2 heteroatoms. The molecule has 0 bridgehead atoms. The molecule has 1 atom stereocenters. The number of aryl methyl sites for hydroxylation is 1. The fraction of sp³-hybridized carbons (Fsp3) is 0.368. The molecular formula is C19H26N2. The van der Waals surface area contributed by atoms with Gasteiger partial charge in [0.25, 0.3) is 0 Å². The van der Waals surface area contributed by atoms with Crippen LogP contribution in [0.3, 0.4) is 0 Å². The zero-order chi connectivity index (χ0) is 15.2. The minimum Gasteiger partial charge on any atom is -0.345 e. The van der Waals surface area contributed by atoms with Gasteiger partial charge in [0.05, 0.1) is 0 Å². The number of rotatable bonds is 6. The SMILES string of the molecule is CCNC(CC)c1ccc(N(C)c2cccc(C)c2)cc1. The summed E-state index contributed by atoms with van der Waals surface area (Å²) in [5.41, 5.74) is 5.09. The van der Waals surface area contributed by atoms with Crippen LogP contribution in [0.15, 0.2) is 48.5 Å². The van der Waals surface area contributed by atoms with Crippen LogP contribution in [0, 0.1) is 6.92 Å². The van der Waals surface area contributed by atoms with Crippen molar-refractivity contribution in [2.24, 2.45) is 0 Å². The Hall–Kier alpha value is -1.80. The van der Waals surface area contributed by atoms with Crippen molar-refractivity contribution in [2.75, 3.05) is 18.5 Å². The van der Waals surface area contributed by atoms with Gasteiger partial charge in [0.15, 0.2) is 0 Å². The van der Waals surface area contributed by atoms with E-state index in [0.717, 1.165) is 13.0 Å². The maximum atomic E-state index is 3.52. The topological polar surface area (TPSA) is 15.3 Å². The van der Waals surface area contributed by atoms with Gasteiger partial charge in [-0.3, -0.25) is 0 Å². The van der Waals surface area contributed by atoms with E-state index in [1.807, 2.05) is 0 Å². The minimum absolute atomic E-state index is 0.452. The molecule has 21 heavy (non-hydrogen) atoms. The fourth-order valence-corrected chi connectivity index (χ4v) is 2.66. The molecule has 2 aromatic rings. The van der Waals surface area contributed by atoms with Crippen molar-refractivity contribution < 1.29 is 0 Å². The highest BCUT2D eigenvalue weighted by Gasteiger charge is 2.09. The van der Waals surface area contributed by atoms with E-state index in [9.17, 15) is 0 Å². The highest BCUT2D eigenvalue weighted by atomic mass is 15.1. The van der Waals surface area contributed by atoms with E-state index in [0.29, 0.717) is 6.04 Å². The fourth-order valence-electron chi connectivity index (χ4n) is 2.66. The summed E-state index contributed by atoms with van der Waals surface area (Å²) in [5, 5.41) is 3.52. The van der Waals surface area contributed by atoms with Gasteiger partial charge in [0.2, 0.25) is 0 Å². The second-order valence-electron chi connectivity index (χ2n) is 5.51. The number of hydrogen-bond acceptors (Lipinski definition) is 2. The minimum atomic E-state index is 0.452. The zero-order valence-corrected chi connectivity index (χ0v) is 13.6. The molecule has 0 saturated carbocycles. The Kier molecular flexibility index (Phi) is 5.40. The Morgan fingerprint density at radius 1 is 1.00 bits per heavy atom. The Balaban J connectivity index is 2.18. The average Bonchev–Trinajstić information content (AvgIpc) is 2.52. The molecule has 0 fully saturated rings. The summed E-state index contributed by atoms with van der Waals surface area (Å²) in [6, 6.07) is 17.9. The van der Waals surface area contributed by atoms with Crippen LogP contribution in [0.4, 0.5) is 11.4 Å². The van der Waals surface area contributed by atoms with Gasteiger partial charge in [0, 0.05) is 24.5 Å². The van der Waals surface area contributed by atoms with Gasteiger partial charge < -0.3 is 10.2 Å². The molecule has 0 amide bonds. The lowest BCUT2D eigenvalue weighted by molar-refractivity contribution is 0.537. The Labute approximate surface area is 128 Å². The summed E-state index contributed by atoms with van der Waals surface area (Å²) in [6.45, 7) is 7.51. The molecule has 2 rings (SSSR count). The summed E-state index contributed by atoms with van der Waals surface area (Å²) in [7, 11) is 2.12. The van der Waals surface area contributed by atoms with Crippen molar-refractivity contribution in [2.45, 2.75) is 33.2 Å². The Morgan fingerprint density at radius 2 is 1.71 bits per heavy atom. The van der Waals surface area contributed by atoms with Crippen LogP contribution in [0.5, 0.6) is 0 Å². The summed E-state index contributed by atoms with van der Waals surface area (Å²) in [5.74, 6) is 0. The highest BCUT2D eigenvalue weighted by molar-refractivity contribution is 5.63. The predicted molar refractivity (Wildman–Crippen MR) is 92.4 cm³/mol. The maximum absolute atomic E-state index is 3.52. The highest BCUT2D eigenvalue weighted by Crippen LogP contribution is 2.26. The molecular weight excluding hydrogens is 256 g/mol. The standard InChI is InChI=1S/C19H26N2/c1-5-19(20-6-2)16-10-12-17(13-11-16)21(4)18-9-7-8-15(3)14-18/h7-14,19-20H,5-6H2,1-4H3. The number of nitrogens with one attached hydrogen (secondary N) is 1. The number of nitrogens with zero attached hydrogens (tertiary/aromatic N) is 1. The van der Waals surface area contributed by atoms with Gasteiger partial charge in [-0.25, -0.2) is 0 Å². The first-order valence-electron chi connectivity index (χ1n) is 7.79. The molecule has 1 unspecified atom stereocenters. The van der Waals surface area contributed by atoms with Gasteiger partial charge >= 0.3 is 0 Å². The summed E-state index contributed by atoms with van der Waals surface area (Å²) < 4.78 is 0. The molecule has 112 valence electrons. The summed E-state index contributed by atoms with van der Waals surface area (Å²) in [6.07, 6.45) is 1.11. The van der Waals surface area contributed by atoms with E-state index in [1.165, 1.54) is 22.5 Å². The quantitative estimate of drug-likeness (QED) is 0.817. The first kappa shape index (κ1) is 15.6. The van der Waals surface area contributed by atoms with Gasteiger partial charge in [-0.05, 0) is 55.3 Å². The van der Waals surface area contributed by atoms with Crippen LogP contribution in [0.2, 0.25) is 0 Å². The molecule has 1 N–H and O–H groups in total. The van der Waals surface area contributed by atoms with E-state index < -0.39 is 0 Å². The molecule has 0 aromatic heterocycles. The lowest BCUT2D eigenvalue weighted by Gasteiger charge is -2.22. The van der Waals surface area contributed by atoms with Crippen LogP contribution in [-0.4, -0.2) is 13.6 Å². The van der Waals surface area contributed by atoms with Crippen molar-refractivity contribution in [3.63, 3.8) is 0 Å². The Morgan fingerprint density at radius 3 is 2.29 bits per heavy atom. The van der Waals surface area contributed by atoms with E-state index in [-0.39, 0.29) is 0 Å². The zero-order valence-electron chi connectivity index (χ0n) is 13.6. The molecule has 0 aliphatic heterocycles. The maximum Gasteiger partial charge on any atom is 0.0410 e. The van der Waals surface area contributed by atoms with Crippen LogP contribution in [0.1, 0.15) is 37.4 Å². The van der Waals surface area contributed by atoms with Crippen molar-refractivity contribution in [3.8, 4) is 0 Å². The van der Waals surface area contributed by atoms with Crippen LogP contribution in [-0.2, 0) is 0 Å². The molecule has 0 heterocycles. The molecule has 2 nitrogen and oxygen atoms in total.